The molecular formula is C12H19N5O. The van der Waals surface area contributed by atoms with Gasteiger partial charge < -0.3 is 15.5 Å². The predicted octanol–water partition coefficient (Wildman–Crippen LogP) is -0.00610. The van der Waals surface area contributed by atoms with Gasteiger partial charge in [0.2, 0.25) is 5.91 Å². The summed E-state index contributed by atoms with van der Waals surface area (Å²) in [5.41, 5.74) is 6.49. The van der Waals surface area contributed by atoms with E-state index in [1.54, 1.807) is 19.3 Å². The highest BCUT2D eigenvalue weighted by molar-refractivity contribution is 5.73. The van der Waals surface area contributed by atoms with Crippen LogP contribution in [0.3, 0.4) is 0 Å². The van der Waals surface area contributed by atoms with Crippen molar-refractivity contribution in [1.82, 2.24) is 14.9 Å². The van der Waals surface area contributed by atoms with Crippen molar-refractivity contribution in [2.75, 3.05) is 31.1 Å². The Labute approximate surface area is 107 Å². The predicted molar refractivity (Wildman–Crippen MR) is 69.0 cm³/mol. The Morgan fingerprint density at radius 1 is 1.28 bits per heavy atom. The minimum Gasteiger partial charge on any atom is -0.353 e. The molecule has 18 heavy (non-hydrogen) atoms. The van der Waals surface area contributed by atoms with Crippen LogP contribution in [0.1, 0.15) is 19.0 Å². The van der Waals surface area contributed by atoms with E-state index in [0.29, 0.717) is 6.54 Å². The molecule has 1 fully saturated rings. The monoisotopic (exact) mass is 249 g/mol. The van der Waals surface area contributed by atoms with Crippen LogP contribution in [-0.2, 0) is 11.3 Å². The Kier molecular flexibility index (Phi) is 4.09. The van der Waals surface area contributed by atoms with E-state index in [1.807, 2.05) is 4.90 Å². The van der Waals surface area contributed by atoms with E-state index >= 15 is 0 Å². The van der Waals surface area contributed by atoms with Crippen LogP contribution in [0.15, 0.2) is 12.4 Å². The zero-order chi connectivity index (χ0) is 13.0. The highest BCUT2D eigenvalue weighted by Gasteiger charge is 2.19. The van der Waals surface area contributed by atoms with Gasteiger partial charge in [0.05, 0.1) is 5.69 Å². The maximum atomic E-state index is 11.4. The molecule has 1 aromatic heterocycles. The zero-order valence-corrected chi connectivity index (χ0v) is 10.7. The number of rotatable bonds is 2. The van der Waals surface area contributed by atoms with Crippen molar-refractivity contribution >= 4 is 11.7 Å². The van der Waals surface area contributed by atoms with Gasteiger partial charge in [-0.3, -0.25) is 9.78 Å². The second kappa shape index (κ2) is 5.77. The van der Waals surface area contributed by atoms with Crippen molar-refractivity contribution in [1.29, 1.82) is 0 Å². The summed E-state index contributed by atoms with van der Waals surface area (Å²) in [4.78, 5) is 24.0. The molecule has 0 atom stereocenters. The van der Waals surface area contributed by atoms with Gasteiger partial charge in [-0.1, -0.05) is 0 Å². The molecule has 1 aromatic rings. The van der Waals surface area contributed by atoms with Gasteiger partial charge in [0, 0.05) is 52.0 Å². The van der Waals surface area contributed by atoms with Crippen LogP contribution < -0.4 is 10.6 Å². The van der Waals surface area contributed by atoms with Crippen LogP contribution in [-0.4, -0.2) is 47.0 Å². The molecule has 1 aliphatic rings. The van der Waals surface area contributed by atoms with E-state index < -0.39 is 0 Å². The van der Waals surface area contributed by atoms with Crippen LogP contribution in [0.2, 0.25) is 0 Å². The molecule has 0 saturated carbocycles. The Morgan fingerprint density at radius 2 is 2.06 bits per heavy atom. The highest BCUT2D eigenvalue weighted by atomic mass is 16.2. The molecule has 1 aliphatic heterocycles. The van der Waals surface area contributed by atoms with Gasteiger partial charge in [-0.15, -0.1) is 0 Å². The van der Waals surface area contributed by atoms with Crippen LogP contribution in [0.4, 0.5) is 5.82 Å². The largest absolute Gasteiger partial charge is 0.353 e. The SMILES string of the molecule is CC(=O)N1CCCN(c2nccnc2CN)CC1. The van der Waals surface area contributed by atoms with E-state index in [0.717, 1.165) is 44.1 Å². The lowest BCUT2D eigenvalue weighted by Crippen LogP contribution is -2.34. The third-order valence-electron chi connectivity index (χ3n) is 3.19. The molecule has 0 radical (unpaired) electrons. The van der Waals surface area contributed by atoms with Crippen LogP contribution in [0.25, 0.3) is 0 Å². The lowest BCUT2D eigenvalue weighted by atomic mass is 10.3. The molecule has 1 saturated heterocycles. The summed E-state index contributed by atoms with van der Waals surface area (Å²) in [7, 11) is 0. The Hall–Kier alpha value is -1.69. The number of nitrogens with zero attached hydrogens (tertiary/aromatic N) is 4. The first kappa shape index (κ1) is 12.8. The number of aromatic nitrogens is 2. The van der Waals surface area contributed by atoms with Crippen molar-refractivity contribution in [3.05, 3.63) is 18.1 Å². The molecule has 2 heterocycles. The number of amides is 1. The second-order valence-electron chi connectivity index (χ2n) is 4.38. The Bertz CT molecular complexity index is 423. The van der Waals surface area contributed by atoms with Gasteiger partial charge >= 0.3 is 0 Å². The summed E-state index contributed by atoms with van der Waals surface area (Å²) in [6.45, 7) is 5.21. The number of carbonyl (C=O) groups is 1. The lowest BCUT2D eigenvalue weighted by molar-refractivity contribution is -0.128. The molecule has 6 nitrogen and oxygen atoms in total. The van der Waals surface area contributed by atoms with Crippen LogP contribution in [0.5, 0.6) is 0 Å². The summed E-state index contributed by atoms with van der Waals surface area (Å²) >= 11 is 0. The van der Waals surface area contributed by atoms with Crippen LogP contribution >= 0.6 is 0 Å². The third-order valence-corrected chi connectivity index (χ3v) is 3.19. The minimum atomic E-state index is 0.134. The summed E-state index contributed by atoms with van der Waals surface area (Å²) < 4.78 is 0. The zero-order valence-electron chi connectivity index (χ0n) is 10.7. The molecule has 6 heteroatoms. The smallest absolute Gasteiger partial charge is 0.219 e. The van der Waals surface area contributed by atoms with Crippen LogP contribution in [0, 0.1) is 0 Å². The normalized spacial score (nSPS) is 16.6. The molecule has 0 spiro atoms. The average molecular weight is 249 g/mol. The van der Waals surface area contributed by atoms with E-state index in [2.05, 4.69) is 14.9 Å². The Balaban J connectivity index is 2.12. The first-order valence-corrected chi connectivity index (χ1v) is 6.22. The van der Waals surface area contributed by atoms with Gasteiger partial charge in [-0.05, 0) is 6.42 Å². The van der Waals surface area contributed by atoms with Gasteiger partial charge in [-0.25, -0.2) is 4.98 Å². The van der Waals surface area contributed by atoms with Gasteiger partial charge in [0.1, 0.15) is 0 Å². The molecule has 2 N–H and O–H groups in total. The molecular weight excluding hydrogens is 230 g/mol. The van der Waals surface area contributed by atoms with Crippen molar-refractivity contribution < 1.29 is 4.79 Å². The second-order valence-corrected chi connectivity index (χ2v) is 4.38. The minimum absolute atomic E-state index is 0.134. The molecule has 98 valence electrons. The number of nitrogens with two attached hydrogens (primary N) is 1. The summed E-state index contributed by atoms with van der Waals surface area (Å²) in [5, 5.41) is 0. The first-order chi connectivity index (χ1) is 8.72. The number of hydrogen-bond acceptors (Lipinski definition) is 5. The van der Waals surface area contributed by atoms with Gasteiger partial charge in [-0.2, -0.15) is 0 Å². The van der Waals surface area contributed by atoms with E-state index in [1.165, 1.54) is 0 Å². The number of carbonyl (C=O) groups excluding carboxylic acids is 1. The quantitative estimate of drug-likeness (QED) is 0.798. The topological polar surface area (TPSA) is 75.4 Å². The number of anilines is 1. The Morgan fingerprint density at radius 3 is 2.78 bits per heavy atom. The van der Waals surface area contributed by atoms with Crippen molar-refractivity contribution in [2.45, 2.75) is 19.9 Å². The maximum Gasteiger partial charge on any atom is 0.219 e. The molecule has 0 unspecified atom stereocenters. The molecule has 1 amide bonds. The maximum absolute atomic E-state index is 11.4. The standard InChI is InChI=1S/C12H19N5O/c1-10(18)16-5-2-6-17(8-7-16)12-11(9-13)14-3-4-15-12/h3-4H,2,5-9,13H2,1H3. The molecule has 0 aliphatic carbocycles. The summed E-state index contributed by atoms with van der Waals surface area (Å²) in [6.07, 6.45) is 4.29. The van der Waals surface area contributed by atoms with Crippen molar-refractivity contribution in [3.63, 3.8) is 0 Å². The fourth-order valence-electron chi connectivity index (χ4n) is 2.21. The average Bonchev–Trinajstić information content (AvgIpc) is 2.64. The van der Waals surface area contributed by atoms with E-state index in [-0.39, 0.29) is 5.91 Å². The highest BCUT2D eigenvalue weighted by Crippen LogP contribution is 2.16. The van der Waals surface area contributed by atoms with Crippen molar-refractivity contribution in [3.8, 4) is 0 Å². The summed E-state index contributed by atoms with van der Waals surface area (Å²) in [6, 6.07) is 0. The fraction of sp³-hybridized carbons (Fsp3) is 0.583. The molecule has 0 bridgehead atoms. The van der Waals surface area contributed by atoms with Gasteiger partial charge in [0.15, 0.2) is 5.82 Å². The van der Waals surface area contributed by atoms with E-state index in [4.69, 9.17) is 5.73 Å². The van der Waals surface area contributed by atoms with Crippen molar-refractivity contribution in [2.24, 2.45) is 5.73 Å². The fourth-order valence-corrected chi connectivity index (χ4v) is 2.21. The third kappa shape index (κ3) is 2.76. The van der Waals surface area contributed by atoms with E-state index in [9.17, 15) is 4.79 Å². The molecule has 0 aromatic carbocycles. The number of hydrogen-bond donors (Lipinski definition) is 1. The summed E-state index contributed by atoms with van der Waals surface area (Å²) in [5.74, 6) is 0.987. The lowest BCUT2D eigenvalue weighted by Gasteiger charge is -2.23. The molecule has 2 rings (SSSR count). The van der Waals surface area contributed by atoms with Gasteiger partial charge in [0.25, 0.3) is 0 Å². The first-order valence-electron chi connectivity index (χ1n) is 6.22.